The molecule has 0 aliphatic carbocycles. The number of nitrogens with zero attached hydrogens (tertiary/aromatic N) is 1. The molecule has 2 aromatic carbocycles. The quantitative estimate of drug-likeness (QED) is 0.756. The summed E-state index contributed by atoms with van der Waals surface area (Å²) in [5.74, 6) is 1.67. The van der Waals surface area contributed by atoms with E-state index in [4.69, 9.17) is 14.7 Å². The summed E-state index contributed by atoms with van der Waals surface area (Å²) in [6.07, 6.45) is 0.427. The number of hydrogen-bond acceptors (Lipinski definition) is 3. The molecule has 0 aliphatic rings. The molecule has 0 radical (unpaired) electrons. The van der Waals surface area contributed by atoms with Crippen molar-refractivity contribution in [3.8, 4) is 17.6 Å². The third-order valence-corrected chi connectivity index (χ3v) is 3.02. The zero-order valence-electron chi connectivity index (χ0n) is 12.4. The fourth-order valence-corrected chi connectivity index (χ4v) is 2.13. The molecule has 3 nitrogen and oxygen atoms in total. The van der Waals surface area contributed by atoms with Crippen LogP contribution in [0.25, 0.3) is 0 Å². The Hall–Kier alpha value is -2.47. The summed E-state index contributed by atoms with van der Waals surface area (Å²) < 4.78 is 11.3. The number of hydrogen-bond donors (Lipinski definition) is 0. The number of aryl methyl sites for hydroxylation is 2. The van der Waals surface area contributed by atoms with Crippen LogP contribution in [0, 0.1) is 25.2 Å². The van der Waals surface area contributed by atoms with E-state index >= 15 is 0 Å². The number of ether oxygens (including phenoxy) is 2. The van der Waals surface area contributed by atoms with Gasteiger partial charge >= 0.3 is 0 Å². The second-order valence-electron chi connectivity index (χ2n) is 5.00. The zero-order valence-corrected chi connectivity index (χ0v) is 12.4. The van der Waals surface area contributed by atoms with Gasteiger partial charge in [-0.1, -0.05) is 18.2 Å². The first-order chi connectivity index (χ1) is 10.2. The third kappa shape index (κ3) is 4.85. The smallest absolute Gasteiger partial charge is 0.122 e. The summed E-state index contributed by atoms with van der Waals surface area (Å²) in [5, 5.41) is 8.61. The van der Waals surface area contributed by atoms with Gasteiger partial charge in [0.15, 0.2) is 0 Å². The van der Waals surface area contributed by atoms with E-state index in [1.807, 2.05) is 36.4 Å². The minimum Gasteiger partial charge on any atom is -0.490 e. The fraction of sp³-hybridized carbons (Fsp3) is 0.278. The number of benzene rings is 2. The largest absolute Gasteiger partial charge is 0.490 e. The lowest BCUT2D eigenvalue weighted by molar-refractivity contribution is 0.217. The molecule has 2 aromatic rings. The monoisotopic (exact) mass is 281 g/mol. The highest BCUT2D eigenvalue weighted by molar-refractivity contribution is 5.33. The predicted octanol–water partition coefficient (Wildman–Crippen LogP) is 3.83. The molecule has 3 heteroatoms. The van der Waals surface area contributed by atoms with Crippen LogP contribution < -0.4 is 9.47 Å². The molecule has 0 bridgehead atoms. The summed E-state index contributed by atoms with van der Waals surface area (Å²) in [6, 6.07) is 15.8. The third-order valence-electron chi connectivity index (χ3n) is 3.02. The van der Waals surface area contributed by atoms with Gasteiger partial charge in [-0.3, -0.25) is 0 Å². The summed E-state index contributed by atoms with van der Waals surface area (Å²) >= 11 is 0. The van der Waals surface area contributed by atoms with E-state index in [2.05, 4.69) is 26.0 Å². The highest BCUT2D eigenvalue weighted by atomic mass is 16.5. The highest BCUT2D eigenvalue weighted by Crippen LogP contribution is 2.16. The van der Waals surface area contributed by atoms with E-state index < -0.39 is 0 Å². The molecule has 0 heterocycles. The Morgan fingerprint density at radius 2 is 1.43 bits per heavy atom. The molecule has 0 atom stereocenters. The van der Waals surface area contributed by atoms with Gasteiger partial charge in [-0.05, 0) is 54.8 Å². The lowest BCUT2D eigenvalue weighted by atomic mass is 10.1. The normalized spacial score (nSPS) is 9.95. The second kappa shape index (κ2) is 7.35. The van der Waals surface area contributed by atoms with Crippen LogP contribution >= 0.6 is 0 Å². The first kappa shape index (κ1) is 14.9. The topological polar surface area (TPSA) is 42.2 Å². The zero-order chi connectivity index (χ0) is 15.1. The van der Waals surface area contributed by atoms with Gasteiger partial charge in [-0.25, -0.2) is 0 Å². The van der Waals surface area contributed by atoms with Gasteiger partial charge in [0.1, 0.15) is 24.7 Å². The first-order valence-corrected chi connectivity index (χ1v) is 6.97. The molecule has 0 unspecified atom stereocenters. The van der Waals surface area contributed by atoms with Crippen LogP contribution in [-0.2, 0) is 6.42 Å². The van der Waals surface area contributed by atoms with E-state index in [1.165, 1.54) is 11.1 Å². The Bertz CT molecular complexity index is 606. The van der Waals surface area contributed by atoms with Gasteiger partial charge in [0.05, 0.1) is 12.5 Å². The lowest BCUT2D eigenvalue weighted by Gasteiger charge is -2.10. The SMILES string of the molecule is Cc1cc(C)cc(OCCOc2ccc(CC#N)cc2)c1. The molecule has 0 fully saturated rings. The fourth-order valence-electron chi connectivity index (χ4n) is 2.13. The Morgan fingerprint density at radius 3 is 2.00 bits per heavy atom. The van der Waals surface area contributed by atoms with Crippen molar-refractivity contribution in [1.29, 1.82) is 5.26 Å². The molecule has 108 valence electrons. The van der Waals surface area contributed by atoms with E-state index in [1.54, 1.807) is 0 Å². The Balaban J connectivity index is 1.78. The van der Waals surface area contributed by atoms with Crippen molar-refractivity contribution in [2.24, 2.45) is 0 Å². The number of nitriles is 1. The van der Waals surface area contributed by atoms with Crippen molar-refractivity contribution >= 4 is 0 Å². The molecule has 0 saturated carbocycles. The maximum absolute atomic E-state index is 8.61. The van der Waals surface area contributed by atoms with Gasteiger partial charge in [-0.2, -0.15) is 5.26 Å². The maximum atomic E-state index is 8.61. The minimum atomic E-state index is 0.427. The molecule has 0 amide bonds. The van der Waals surface area contributed by atoms with Crippen LogP contribution in [0.15, 0.2) is 42.5 Å². The van der Waals surface area contributed by atoms with E-state index in [9.17, 15) is 0 Å². The lowest BCUT2D eigenvalue weighted by Crippen LogP contribution is -2.09. The van der Waals surface area contributed by atoms with Crippen molar-refractivity contribution in [2.75, 3.05) is 13.2 Å². The van der Waals surface area contributed by atoms with Crippen molar-refractivity contribution < 1.29 is 9.47 Å². The van der Waals surface area contributed by atoms with Crippen molar-refractivity contribution in [1.82, 2.24) is 0 Å². The average Bonchev–Trinajstić information content (AvgIpc) is 2.45. The summed E-state index contributed by atoms with van der Waals surface area (Å²) in [4.78, 5) is 0. The van der Waals surface area contributed by atoms with E-state index in [-0.39, 0.29) is 0 Å². The Labute approximate surface area is 125 Å². The van der Waals surface area contributed by atoms with Crippen molar-refractivity contribution in [2.45, 2.75) is 20.3 Å². The van der Waals surface area contributed by atoms with E-state index in [0.717, 1.165) is 17.1 Å². The second-order valence-corrected chi connectivity index (χ2v) is 5.00. The summed E-state index contributed by atoms with van der Waals surface area (Å²) in [5.41, 5.74) is 3.38. The molecule has 0 spiro atoms. The highest BCUT2D eigenvalue weighted by Gasteiger charge is 1.98. The van der Waals surface area contributed by atoms with Gasteiger partial charge in [-0.15, -0.1) is 0 Å². The first-order valence-electron chi connectivity index (χ1n) is 6.97. The van der Waals surface area contributed by atoms with Crippen LogP contribution in [0.4, 0.5) is 0 Å². The molecule has 2 rings (SSSR count). The molecule has 0 N–H and O–H groups in total. The van der Waals surface area contributed by atoms with Gasteiger partial charge in [0.25, 0.3) is 0 Å². The van der Waals surface area contributed by atoms with Gasteiger partial charge < -0.3 is 9.47 Å². The van der Waals surface area contributed by atoms with Crippen LogP contribution in [0.5, 0.6) is 11.5 Å². The molecule has 0 saturated heterocycles. The predicted molar refractivity (Wildman–Crippen MR) is 82.7 cm³/mol. The van der Waals surface area contributed by atoms with Crippen molar-refractivity contribution in [3.63, 3.8) is 0 Å². The van der Waals surface area contributed by atoms with Gasteiger partial charge in [0, 0.05) is 0 Å². The molecule has 21 heavy (non-hydrogen) atoms. The van der Waals surface area contributed by atoms with Crippen LogP contribution in [0.2, 0.25) is 0 Å². The van der Waals surface area contributed by atoms with Crippen LogP contribution in [-0.4, -0.2) is 13.2 Å². The summed E-state index contributed by atoms with van der Waals surface area (Å²) in [7, 11) is 0. The van der Waals surface area contributed by atoms with Crippen LogP contribution in [0.1, 0.15) is 16.7 Å². The molecule has 0 aliphatic heterocycles. The van der Waals surface area contributed by atoms with Crippen molar-refractivity contribution in [3.05, 3.63) is 59.2 Å². The van der Waals surface area contributed by atoms with E-state index in [0.29, 0.717) is 19.6 Å². The molecular formula is C18H19NO2. The standard InChI is InChI=1S/C18H19NO2/c1-14-11-15(2)13-18(12-14)21-10-9-20-17-5-3-16(4-6-17)7-8-19/h3-6,11-13H,7,9-10H2,1-2H3. The maximum Gasteiger partial charge on any atom is 0.122 e. The molecular weight excluding hydrogens is 262 g/mol. The Morgan fingerprint density at radius 1 is 0.857 bits per heavy atom. The van der Waals surface area contributed by atoms with Gasteiger partial charge in [0.2, 0.25) is 0 Å². The average molecular weight is 281 g/mol. The minimum absolute atomic E-state index is 0.427. The summed E-state index contributed by atoms with van der Waals surface area (Å²) in [6.45, 7) is 5.10. The van der Waals surface area contributed by atoms with Crippen LogP contribution in [0.3, 0.4) is 0 Å². The Kier molecular flexibility index (Phi) is 5.22. The number of rotatable bonds is 6. The molecule has 0 aromatic heterocycles.